The first kappa shape index (κ1) is 15.3. The monoisotopic (exact) mass is 315 g/mol. The van der Waals surface area contributed by atoms with E-state index in [0.29, 0.717) is 10.1 Å². The van der Waals surface area contributed by atoms with Gasteiger partial charge in [-0.25, -0.2) is 0 Å². The number of anilines is 1. The number of nitrogens with one attached hydrogen (secondary N) is 4. The number of benzene rings is 1. The number of rotatable bonds is 5. The molecule has 4 N–H and O–H groups in total. The molecule has 2 rings (SSSR count). The Hall–Kier alpha value is -1.08. The molecule has 7 heteroatoms. The lowest BCUT2D eigenvalue weighted by Crippen LogP contribution is -3.14. The van der Waals surface area contributed by atoms with Gasteiger partial charge in [0.25, 0.3) is 0 Å². The largest absolute Gasteiger partial charge is 0.370 e. The third-order valence-corrected chi connectivity index (χ3v) is 3.63. The molecule has 1 aliphatic rings. The fourth-order valence-corrected chi connectivity index (χ4v) is 2.25. The maximum absolute atomic E-state index is 5.82. The van der Waals surface area contributed by atoms with Crippen molar-refractivity contribution in [3.8, 4) is 0 Å². The minimum Gasteiger partial charge on any atom is -0.370 e. The minimum absolute atomic E-state index is 0.590. The van der Waals surface area contributed by atoms with Gasteiger partial charge < -0.3 is 15.0 Å². The van der Waals surface area contributed by atoms with Crippen LogP contribution in [-0.4, -0.2) is 44.5 Å². The molecule has 0 atom stereocenters. The van der Waals surface area contributed by atoms with Crippen molar-refractivity contribution < 1.29 is 9.64 Å². The van der Waals surface area contributed by atoms with Gasteiger partial charge in [-0.3, -0.25) is 10.9 Å². The summed E-state index contributed by atoms with van der Waals surface area (Å²) < 4.78 is 5.32. The maximum atomic E-state index is 5.82. The third kappa shape index (κ3) is 5.50. The van der Waals surface area contributed by atoms with Crippen molar-refractivity contribution in [3.05, 3.63) is 29.3 Å². The zero-order valence-corrected chi connectivity index (χ0v) is 12.8. The molecular weight excluding hydrogens is 296 g/mol. The summed E-state index contributed by atoms with van der Waals surface area (Å²) in [7, 11) is 0. The number of hydrogen-bond acceptors (Lipinski definition) is 3. The van der Waals surface area contributed by atoms with E-state index in [1.54, 1.807) is 4.90 Å². The zero-order valence-electron chi connectivity index (χ0n) is 11.2. The summed E-state index contributed by atoms with van der Waals surface area (Å²) in [5.41, 5.74) is 6.88. The highest BCUT2D eigenvalue weighted by molar-refractivity contribution is 7.80. The zero-order chi connectivity index (χ0) is 14.2. The van der Waals surface area contributed by atoms with E-state index in [0.717, 1.165) is 45.1 Å². The van der Waals surface area contributed by atoms with Crippen molar-refractivity contribution in [1.82, 2.24) is 10.7 Å². The summed E-state index contributed by atoms with van der Waals surface area (Å²) in [5.74, 6) is 0. The number of hydrogen-bond donors (Lipinski definition) is 4. The summed E-state index contributed by atoms with van der Waals surface area (Å²) >= 11 is 11.0. The van der Waals surface area contributed by atoms with E-state index in [4.69, 9.17) is 28.6 Å². The lowest BCUT2D eigenvalue weighted by molar-refractivity contribution is -0.906. The van der Waals surface area contributed by atoms with Crippen LogP contribution in [0.4, 0.5) is 5.69 Å². The highest BCUT2D eigenvalue weighted by atomic mass is 35.5. The molecule has 0 bridgehead atoms. The number of morpholine rings is 1. The number of ether oxygens (including phenoxy) is 1. The van der Waals surface area contributed by atoms with Gasteiger partial charge in [0.1, 0.15) is 13.1 Å². The molecule has 1 aromatic rings. The van der Waals surface area contributed by atoms with E-state index >= 15 is 0 Å². The van der Waals surface area contributed by atoms with Crippen molar-refractivity contribution in [2.45, 2.75) is 0 Å². The number of halogens is 1. The quantitative estimate of drug-likeness (QED) is 0.457. The van der Waals surface area contributed by atoms with Crippen LogP contribution in [0, 0.1) is 0 Å². The SMILES string of the molecule is S=C(NCC[NH+]1CCOCC1)NNc1ccc(Cl)cc1. The van der Waals surface area contributed by atoms with Gasteiger partial charge in [0.05, 0.1) is 32.0 Å². The first-order valence-corrected chi connectivity index (χ1v) is 7.49. The van der Waals surface area contributed by atoms with Crippen LogP contribution in [0.3, 0.4) is 0 Å². The van der Waals surface area contributed by atoms with Crippen molar-refractivity contribution in [1.29, 1.82) is 0 Å². The summed E-state index contributed by atoms with van der Waals surface area (Å²) in [4.78, 5) is 1.55. The van der Waals surface area contributed by atoms with E-state index in [9.17, 15) is 0 Å². The smallest absolute Gasteiger partial charge is 0.185 e. The van der Waals surface area contributed by atoms with E-state index in [-0.39, 0.29) is 0 Å². The highest BCUT2D eigenvalue weighted by Crippen LogP contribution is 2.12. The van der Waals surface area contributed by atoms with E-state index in [1.807, 2.05) is 24.3 Å². The molecule has 20 heavy (non-hydrogen) atoms. The maximum Gasteiger partial charge on any atom is 0.185 e. The molecule has 0 aromatic heterocycles. The highest BCUT2D eigenvalue weighted by Gasteiger charge is 2.12. The second-order valence-corrected chi connectivity index (χ2v) is 5.47. The van der Waals surface area contributed by atoms with Crippen LogP contribution in [-0.2, 0) is 4.74 Å². The van der Waals surface area contributed by atoms with Crippen LogP contribution < -0.4 is 21.1 Å². The van der Waals surface area contributed by atoms with Crippen molar-refractivity contribution in [3.63, 3.8) is 0 Å². The van der Waals surface area contributed by atoms with E-state index in [1.165, 1.54) is 0 Å². The average Bonchev–Trinajstić information content (AvgIpc) is 2.48. The van der Waals surface area contributed by atoms with Gasteiger partial charge in [-0.2, -0.15) is 0 Å². The lowest BCUT2D eigenvalue weighted by atomic mass is 10.3. The molecule has 1 saturated heterocycles. The Morgan fingerprint density at radius 3 is 2.65 bits per heavy atom. The number of thiocarbonyl (C=S) groups is 1. The van der Waals surface area contributed by atoms with Gasteiger partial charge in [0.2, 0.25) is 0 Å². The summed E-state index contributed by atoms with van der Waals surface area (Å²) in [6, 6.07) is 7.42. The lowest BCUT2D eigenvalue weighted by Gasteiger charge is -2.24. The van der Waals surface area contributed by atoms with Crippen LogP contribution in [0.25, 0.3) is 0 Å². The van der Waals surface area contributed by atoms with E-state index < -0.39 is 0 Å². The molecule has 1 aromatic carbocycles. The molecule has 0 aliphatic carbocycles. The van der Waals surface area contributed by atoms with Gasteiger partial charge in [0.15, 0.2) is 5.11 Å². The van der Waals surface area contributed by atoms with Gasteiger partial charge >= 0.3 is 0 Å². The van der Waals surface area contributed by atoms with Crippen molar-refractivity contribution in [2.75, 3.05) is 44.8 Å². The topological polar surface area (TPSA) is 49.8 Å². The molecule has 0 amide bonds. The Balaban J connectivity index is 1.59. The van der Waals surface area contributed by atoms with Gasteiger partial charge in [-0.15, -0.1) is 0 Å². The van der Waals surface area contributed by atoms with E-state index in [2.05, 4.69) is 16.2 Å². The number of quaternary nitrogens is 1. The average molecular weight is 316 g/mol. The molecule has 1 heterocycles. The van der Waals surface area contributed by atoms with Crippen molar-refractivity contribution >= 4 is 34.6 Å². The fourth-order valence-electron chi connectivity index (χ4n) is 1.97. The number of hydrazine groups is 1. The fraction of sp³-hybridized carbons (Fsp3) is 0.462. The summed E-state index contributed by atoms with van der Waals surface area (Å²) in [6.07, 6.45) is 0. The Morgan fingerprint density at radius 1 is 1.25 bits per heavy atom. The molecule has 1 aliphatic heterocycles. The van der Waals surface area contributed by atoms with Crippen LogP contribution in [0.1, 0.15) is 0 Å². The molecule has 0 unspecified atom stereocenters. The van der Waals surface area contributed by atoms with Gasteiger partial charge in [-0.05, 0) is 36.5 Å². The molecule has 0 spiro atoms. The molecule has 0 saturated carbocycles. The Kier molecular flexibility index (Phi) is 6.32. The third-order valence-electron chi connectivity index (χ3n) is 3.13. The molecular formula is C13H20ClN4OS+. The normalized spacial score (nSPS) is 15.7. The second kappa shape index (κ2) is 8.26. The predicted octanol–water partition coefficient (Wildman–Crippen LogP) is 0.0461. The van der Waals surface area contributed by atoms with Crippen LogP contribution in [0.5, 0.6) is 0 Å². The summed E-state index contributed by atoms with van der Waals surface area (Å²) in [5, 5.41) is 4.48. The first-order chi connectivity index (χ1) is 9.74. The van der Waals surface area contributed by atoms with Crippen LogP contribution >= 0.6 is 23.8 Å². The van der Waals surface area contributed by atoms with Crippen molar-refractivity contribution in [2.24, 2.45) is 0 Å². The minimum atomic E-state index is 0.590. The Bertz CT molecular complexity index is 423. The molecule has 1 fully saturated rings. The molecule has 5 nitrogen and oxygen atoms in total. The second-order valence-electron chi connectivity index (χ2n) is 4.63. The Morgan fingerprint density at radius 2 is 1.95 bits per heavy atom. The van der Waals surface area contributed by atoms with Gasteiger partial charge in [-0.1, -0.05) is 11.6 Å². The van der Waals surface area contributed by atoms with Crippen LogP contribution in [0.15, 0.2) is 24.3 Å². The standard InChI is InChI=1S/C13H19ClN4OS/c14-11-1-3-12(4-2-11)16-17-13(20)15-5-6-18-7-9-19-10-8-18/h1-4,16H,5-10H2,(H2,15,17,20)/p+1. The summed E-state index contributed by atoms with van der Waals surface area (Å²) in [6.45, 7) is 5.76. The van der Waals surface area contributed by atoms with Gasteiger partial charge in [0, 0.05) is 5.02 Å². The molecule has 110 valence electrons. The first-order valence-electron chi connectivity index (χ1n) is 6.71. The predicted molar refractivity (Wildman–Crippen MR) is 85.2 cm³/mol. The molecule has 0 radical (unpaired) electrons. The van der Waals surface area contributed by atoms with Crippen LogP contribution in [0.2, 0.25) is 5.02 Å². The Labute approximate surface area is 129 Å².